The third-order valence-electron chi connectivity index (χ3n) is 3.48. The summed E-state index contributed by atoms with van der Waals surface area (Å²) in [4.78, 5) is 13.3. The topological polar surface area (TPSA) is 79.6 Å². The van der Waals surface area contributed by atoms with Crippen molar-refractivity contribution in [2.45, 2.75) is 17.9 Å². The molecule has 21 heavy (non-hydrogen) atoms. The van der Waals surface area contributed by atoms with E-state index >= 15 is 0 Å². The molecular formula is C14H14N2O4S. The molecule has 0 fully saturated rings. The summed E-state index contributed by atoms with van der Waals surface area (Å²) in [5.74, 6) is -0.0362. The van der Waals surface area contributed by atoms with Gasteiger partial charge in [-0.3, -0.25) is 4.79 Å². The first-order chi connectivity index (χ1) is 9.97. The van der Waals surface area contributed by atoms with Crippen LogP contribution in [0.4, 0.5) is 5.69 Å². The molecule has 0 saturated carbocycles. The molecule has 2 heterocycles. The molecule has 0 aliphatic carbocycles. The summed E-state index contributed by atoms with van der Waals surface area (Å²) in [7, 11) is -1.93. The highest BCUT2D eigenvalue weighted by Gasteiger charge is 2.26. The van der Waals surface area contributed by atoms with Crippen LogP contribution in [0.5, 0.6) is 0 Å². The average Bonchev–Trinajstić information content (AvgIpc) is 3.06. The van der Waals surface area contributed by atoms with Crippen LogP contribution in [0.25, 0.3) is 0 Å². The van der Waals surface area contributed by atoms with Crippen molar-refractivity contribution >= 4 is 21.6 Å². The predicted octanol–water partition coefficient (Wildman–Crippen LogP) is 1.28. The summed E-state index contributed by atoms with van der Waals surface area (Å²) in [5, 5.41) is 0. The van der Waals surface area contributed by atoms with E-state index in [0.717, 1.165) is 16.8 Å². The number of hydrogen-bond donors (Lipinski definition) is 1. The zero-order valence-corrected chi connectivity index (χ0v) is 12.2. The Bertz CT molecular complexity index is 781. The number of fused-ring (bicyclic) bond motifs is 1. The lowest BCUT2D eigenvalue weighted by atomic mass is 10.2. The Kier molecular flexibility index (Phi) is 3.30. The molecule has 2 aromatic rings. The monoisotopic (exact) mass is 306 g/mol. The number of nitrogens with one attached hydrogen (secondary N) is 1. The van der Waals surface area contributed by atoms with Gasteiger partial charge in [-0.25, -0.2) is 13.1 Å². The second-order valence-electron chi connectivity index (χ2n) is 4.88. The van der Waals surface area contributed by atoms with Gasteiger partial charge in [-0.2, -0.15) is 0 Å². The third kappa shape index (κ3) is 2.57. The van der Waals surface area contributed by atoms with E-state index in [1.165, 1.54) is 23.5 Å². The summed E-state index contributed by atoms with van der Waals surface area (Å²) in [6, 6.07) is 6.41. The minimum absolute atomic E-state index is 0.0362. The number of sulfonamides is 1. The van der Waals surface area contributed by atoms with Crippen molar-refractivity contribution in [2.75, 3.05) is 11.9 Å². The van der Waals surface area contributed by atoms with Crippen molar-refractivity contribution in [3.8, 4) is 0 Å². The van der Waals surface area contributed by atoms with Gasteiger partial charge in [-0.05, 0) is 29.8 Å². The number of likely N-dealkylation sites (N-methyl/N-ethyl adjacent to an activating group) is 1. The molecule has 0 saturated heterocycles. The highest BCUT2D eigenvalue weighted by atomic mass is 32.2. The summed E-state index contributed by atoms with van der Waals surface area (Å²) in [6.07, 6.45) is 3.20. The normalized spacial score (nSPS) is 14.5. The quantitative estimate of drug-likeness (QED) is 0.922. The SMILES string of the molecule is CN1C(=O)Cc2cc(S(=O)(=O)NCc3ccoc3)ccc21. The van der Waals surface area contributed by atoms with E-state index in [1.54, 1.807) is 25.2 Å². The molecule has 1 aromatic heterocycles. The first kappa shape index (κ1) is 13.8. The van der Waals surface area contributed by atoms with Gasteiger partial charge in [-0.15, -0.1) is 0 Å². The largest absolute Gasteiger partial charge is 0.472 e. The van der Waals surface area contributed by atoms with Gasteiger partial charge in [0.1, 0.15) is 0 Å². The molecule has 7 heteroatoms. The van der Waals surface area contributed by atoms with E-state index in [4.69, 9.17) is 4.42 Å². The van der Waals surface area contributed by atoms with Crippen LogP contribution in [0.15, 0.2) is 46.1 Å². The summed E-state index contributed by atoms with van der Waals surface area (Å²) in [5.41, 5.74) is 2.23. The fraction of sp³-hybridized carbons (Fsp3) is 0.214. The van der Waals surface area contributed by atoms with Crippen LogP contribution in [-0.2, 0) is 27.8 Å². The molecule has 110 valence electrons. The number of carbonyl (C=O) groups is 1. The third-order valence-corrected chi connectivity index (χ3v) is 4.88. The fourth-order valence-electron chi connectivity index (χ4n) is 2.27. The average molecular weight is 306 g/mol. The Labute approximate surface area is 122 Å². The van der Waals surface area contributed by atoms with E-state index in [2.05, 4.69) is 4.72 Å². The molecule has 1 N–H and O–H groups in total. The second-order valence-corrected chi connectivity index (χ2v) is 6.64. The number of rotatable bonds is 4. The van der Waals surface area contributed by atoms with Crippen LogP contribution < -0.4 is 9.62 Å². The molecule has 0 radical (unpaired) electrons. The van der Waals surface area contributed by atoms with Gasteiger partial charge in [0.05, 0.1) is 23.8 Å². The van der Waals surface area contributed by atoms with Crippen molar-refractivity contribution in [2.24, 2.45) is 0 Å². The van der Waals surface area contributed by atoms with Gasteiger partial charge in [0, 0.05) is 24.8 Å². The highest BCUT2D eigenvalue weighted by molar-refractivity contribution is 7.89. The number of anilines is 1. The molecule has 3 rings (SSSR count). The van der Waals surface area contributed by atoms with E-state index in [-0.39, 0.29) is 23.8 Å². The Morgan fingerprint density at radius 1 is 1.33 bits per heavy atom. The molecule has 1 amide bonds. The Morgan fingerprint density at radius 3 is 2.86 bits per heavy atom. The maximum Gasteiger partial charge on any atom is 0.240 e. The van der Waals surface area contributed by atoms with Crippen LogP contribution in [0.1, 0.15) is 11.1 Å². The van der Waals surface area contributed by atoms with Gasteiger partial charge in [0.25, 0.3) is 0 Å². The maximum atomic E-state index is 12.3. The van der Waals surface area contributed by atoms with Crippen LogP contribution in [0, 0.1) is 0 Å². The van der Waals surface area contributed by atoms with E-state index in [1.807, 2.05) is 0 Å². The first-order valence-electron chi connectivity index (χ1n) is 6.37. The predicted molar refractivity (Wildman–Crippen MR) is 76.3 cm³/mol. The van der Waals surface area contributed by atoms with Gasteiger partial charge < -0.3 is 9.32 Å². The van der Waals surface area contributed by atoms with Crippen molar-refractivity contribution in [3.05, 3.63) is 47.9 Å². The number of carbonyl (C=O) groups excluding carboxylic acids is 1. The minimum Gasteiger partial charge on any atom is -0.472 e. The lowest BCUT2D eigenvalue weighted by molar-refractivity contribution is -0.117. The zero-order valence-electron chi connectivity index (χ0n) is 11.4. The van der Waals surface area contributed by atoms with Crippen molar-refractivity contribution in [1.82, 2.24) is 4.72 Å². The van der Waals surface area contributed by atoms with Crippen molar-refractivity contribution in [1.29, 1.82) is 0 Å². The molecule has 6 nitrogen and oxygen atoms in total. The van der Waals surface area contributed by atoms with Crippen LogP contribution in [-0.4, -0.2) is 21.4 Å². The second kappa shape index (κ2) is 5.01. The highest BCUT2D eigenvalue weighted by Crippen LogP contribution is 2.29. The van der Waals surface area contributed by atoms with Crippen molar-refractivity contribution in [3.63, 3.8) is 0 Å². The number of hydrogen-bond acceptors (Lipinski definition) is 4. The Morgan fingerprint density at radius 2 is 2.14 bits per heavy atom. The lowest BCUT2D eigenvalue weighted by Gasteiger charge is -2.11. The zero-order chi connectivity index (χ0) is 15.0. The maximum absolute atomic E-state index is 12.3. The number of nitrogens with zero attached hydrogens (tertiary/aromatic N) is 1. The number of benzene rings is 1. The van der Waals surface area contributed by atoms with Crippen molar-refractivity contribution < 1.29 is 17.6 Å². The van der Waals surface area contributed by atoms with E-state index in [0.29, 0.717) is 0 Å². The molecule has 1 aliphatic rings. The Hall–Kier alpha value is -2.12. The number of amides is 1. The Balaban J connectivity index is 1.83. The minimum atomic E-state index is -3.61. The molecular weight excluding hydrogens is 292 g/mol. The van der Waals surface area contributed by atoms with E-state index < -0.39 is 10.0 Å². The van der Waals surface area contributed by atoms with E-state index in [9.17, 15) is 13.2 Å². The molecule has 1 aliphatic heterocycles. The van der Waals surface area contributed by atoms with Gasteiger partial charge in [-0.1, -0.05) is 0 Å². The van der Waals surface area contributed by atoms with Crippen LogP contribution >= 0.6 is 0 Å². The molecule has 0 atom stereocenters. The first-order valence-corrected chi connectivity index (χ1v) is 7.86. The van der Waals surface area contributed by atoms with Crippen LogP contribution in [0.3, 0.4) is 0 Å². The smallest absolute Gasteiger partial charge is 0.240 e. The van der Waals surface area contributed by atoms with Crippen LogP contribution in [0.2, 0.25) is 0 Å². The van der Waals surface area contributed by atoms with Gasteiger partial charge in [0.15, 0.2) is 0 Å². The summed E-state index contributed by atoms with van der Waals surface area (Å²) >= 11 is 0. The summed E-state index contributed by atoms with van der Waals surface area (Å²) < 4.78 is 31.9. The summed E-state index contributed by atoms with van der Waals surface area (Å²) in [6.45, 7) is 0.161. The molecule has 0 unspecified atom stereocenters. The molecule has 0 spiro atoms. The molecule has 0 bridgehead atoms. The lowest BCUT2D eigenvalue weighted by Crippen LogP contribution is -2.23. The number of furan rings is 1. The standard InChI is InChI=1S/C14H14N2O4S/c1-16-13-3-2-12(6-11(13)7-14(16)17)21(18,19)15-8-10-4-5-20-9-10/h2-6,9,15H,7-8H2,1H3. The van der Waals surface area contributed by atoms with Gasteiger partial charge in [0.2, 0.25) is 15.9 Å². The van der Waals surface area contributed by atoms with Gasteiger partial charge >= 0.3 is 0 Å². The fourth-order valence-corrected chi connectivity index (χ4v) is 3.34. The molecule has 1 aromatic carbocycles.